The highest BCUT2D eigenvalue weighted by Crippen LogP contribution is 2.41. The number of thiocarbonyl (C=S) groups is 1. The molecule has 1 aromatic rings. The molecule has 4 rings (SSSR count). The van der Waals surface area contributed by atoms with Crippen LogP contribution in [0.5, 0.6) is 0 Å². The molecule has 3 aliphatic heterocycles. The second-order valence-corrected chi connectivity index (χ2v) is 9.01. The van der Waals surface area contributed by atoms with E-state index in [4.69, 9.17) is 35.9 Å². The summed E-state index contributed by atoms with van der Waals surface area (Å²) >= 11 is 5.33. The number of halogens is 3. The van der Waals surface area contributed by atoms with Crippen molar-refractivity contribution in [2.75, 3.05) is 11.9 Å². The van der Waals surface area contributed by atoms with Crippen molar-refractivity contribution in [1.29, 1.82) is 0 Å². The molecule has 3 saturated heterocycles. The quantitative estimate of drug-likeness (QED) is 0.663. The van der Waals surface area contributed by atoms with Crippen LogP contribution in [0.4, 0.5) is 18.9 Å². The minimum absolute atomic E-state index is 0.00225. The van der Waals surface area contributed by atoms with Gasteiger partial charge in [0, 0.05) is 0 Å². The molecule has 5 atom stereocenters. The summed E-state index contributed by atoms with van der Waals surface area (Å²) in [6.45, 7) is 7.39. The SMILES string of the molecule is CC1(C)O[C@H]2O[C@H]([C@H]3COC(C)(C)O3)[C@H](NC(=S)Nc3ccccc3C(F)(F)F)[C@H]2O1. The second kappa shape index (κ2) is 7.82. The van der Waals surface area contributed by atoms with Crippen LogP contribution >= 0.6 is 12.2 Å². The van der Waals surface area contributed by atoms with Gasteiger partial charge in [-0.2, -0.15) is 13.2 Å². The standard InChI is InChI=1S/C20H25F3N2O5S/c1-18(2)26-9-12(28-18)14-13(15-16(27-14)30-19(3,4)29-15)25-17(31)24-11-8-6-5-7-10(11)20(21,22)23/h5-8,12-16H,9H2,1-4H3,(H2,24,25,31)/t12-,13+,14-,15-,16-/m1/s1. The third kappa shape index (κ3) is 4.81. The zero-order valence-corrected chi connectivity index (χ0v) is 18.3. The number of fused-ring (bicyclic) bond motifs is 1. The third-order valence-corrected chi connectivity index (χ3v) is 5.48. The van der Waals surface area contributed by atoms with E-state index in [-0.39, 0.29) is 17.4 Å². The van der Waals surface area contributed by atoms with E-state index < -0.39 is 54.0 Å². The van der Waals surface area contributed by atoms with Gasteiger partial charge in [0.15, 0.2) is 23.0 Å². The molecule has 3 fully saturated rings. The summed E-state index contributed by atoms with van der Waals surface area (Å²) in [5, 5.41) is 5.71. The smallest absolute Gasteiger partial charge is 0.354 e. The van der Waals surface area contributed by atoms with E-state index in [1.807, 2.05) is 0 Å². The largest absolute Gasteiger partial charge is 0.418 e. The van der Waals surface area contributed by atoms with Crippen LogP contribution in [0.2, 0.25) is 0 Å². The van der Waals surface area contributed by atoms with Crippen molar-refractivity contribution in [2.45, 2.75) is 76.1 Å². The molecule has 0 bridgehead atoms. The maximum Gasteiger partial charge on any atom is 0.418 e. The van der Waals surface area contributed by atoms with Crippen LogP contribution in [0.3, 0.4) is 0 Å². The first-order valence-electron chi connectivity index (χ1n) is 9.91. The first kappa shape index (κ1) is 22.7. The highest BCUT2D eigenvalue weighted by atomic mass is 32.1. The Hall–Kier alpha value is -1.50. The Morgan fingerprint density at radius 1 is 1.03 bits per heavy atom. The zero-order valence-electron chi connectivity index (χ0n) is 17.5. The first-order chi connectivity index (χ1) is 14.3. The van der Waals surface area contributed by atoms with E-state index in [1.165, 1.54) is 18.2 Å². The number of nitrogens with one attached hydrogen (secondary N) is 2. The summed E-state index contributed by atoms with van der Waals surface area (Å²) in [5.74, 6) is -1.65. The average Bonchev–Trinajstić information content (AvgIpc) is 3.24. The summed E-state index contributed by atoms with van der Waals surface area (Å²) < 4.78 is 69.4. The van der Waals surface area contributed by atoms with Crippen LogP contribution in [0.15, 0.2) is 24.3 Å². The predicted molar refractivity (Wildman–Crippen MR) is 108 cm³/mol. The van der Waals surface area contributed by atoms with Crippen molar-refractivity contribution in [1.82, 2.24) is 5.32 Å². The second-order valence-electron chi connectivity index (χ2n) is 8.60. The lowest BCUT2D eigenvalue weighted by molar-refractivity contribution is -0.223. The van der Waals surface area contributed by atoms with Gasteiger partial charge in [-0.3, -0.25) is 0 Å². The number of para-hydroxylation sites is 1. The fraction of sp³-hybridized carbons (Fsp3) is 0.650. The van der Waals surface area contributed by atoms with Crippen molar-refractivity contribution in [3.8, 4) is 0 Å². The minimum Gasteiger partial charge on any atom is -0.354 e. The average molecular weight is 462 g/mol. The van der Waals surface area contributed by atoms with Gasteiger partial charge in [-0.15, -0.1) is 0 Å². The molecule has 1 aromatic carbocycles. The fourth-order valence-electron chi connectivity index (χ4n) is 4.04. The molecule has 0 aliphatic carbocycles. The summed E-state index contributed by atoms with van der Waals surface area (Å²) in [7, 11) is 0. The van der Waals surface area contributed by atoms with Crippen molar-refractivity contribution in [3.63, 3.8) is 0 Å². The van der Waals surface area contributed by atoms with Crippen LogP contribution in [0, 0.1) is 0 Å². The molecule has 0 aromatic heterocycles. The Balaban J connectivity index is 1.52. The number of benzene rings is 1. The zero-order chi connectivity index (χ0) is 22.6. The maximum atomic E-state index is 13.3. The van der Waals surface area contributed by atoms with Gasteiger partial charge in [0.25, 0.3) is 0 Å². The first-order valence-corrected chi connectivity index (χ1v) is 10.3. The highest BCUT2D eigenvalue weighted by molar-refractivity contribution is 7.80. The molecular weight excluding hydrogens is 437 g/mol. The molecule has 3 heterocycles. The number of ether oxygens (including phenoxy) is 5. The number of rotatable bonds is 3. The lowest BCUT2D eigenvalue weighted by Gasteiger charge is -2.30. The number of alkyl halides is 3. The van der Waals surface area contributed by atoms with Gasteiger partial charge in [-0.05, 0) is 52.0 Å². The van der Waals surface area contributed by atoms with E-state index in [2.05, 4.69) is 10.6 Å². The molecule has 0 radical (unpaired) electrons. The van der Waals surface area contributed by atoms with Crippen LogP contribution < -0.4 is 10.6 Å². The van der Waals surface area contributed by atoms with Gasteiger partial charge in [0.05, 0.1) is 23.9 Å². The van der Waals surface area contributed by atoms with E-state index in [0.29, 0.717) is 0 Å². The van der Waals surface area contributed by atoms with Crippen molar-refractivity contribution in [2.24, 2.45) is 0 Å². The van der Waals surface area contributed by atoms with Gasteiger partial charge in [0.1, 0.15) is 18.3 Å². The molecular formula is C20H25F3N2O5S. The van der Waals surface area contributed by atoms with E-state index >= 15 is 0 Å². The topological polar surface area (TPSA) is 70.2 Å². The van der Waals surface area contributed by atoms with Crippen LogP contribution in [0.25, 0.3) is 0 Å². The van der Waals surface area contributed by atoms with Crippen LogP contribution in [0.1, 0.15) is 33.3 Å². The molecule has 0 saturated carbocycles. The predicted octanol–water partition coefficient (Wildman–Crippen LogP) is 3.39. The molecule has 7 nitrogen and oxygen atoms in total. The number of hydrogen-bond donors (Lipinski definition) is 2. The number of anilines is 1. The lowest BCUT2D eigenvalue weighted by atomic mass is 10.0. The molecule has 3 aliphatic rings. The number of hydrogen-bond acceptors (Lipinski definition) is 6. The van der Waals surface area contributed by atoms with E-state index in [1.54, 1.807) is 27.7 Å². The van der Waals surface area contributed by atoms with Crippen molar-refractivity contribution in [3.05, 3.63) is 29.8 Å². The van der Waals surface area contributed by atoms with Crippen LogP contribution in [-0.4, -0.2) is 53.9 Å². The van der Waals surface area contributed by atoms with Gasteiger partial charge < -0.3 is 34.3 Å². The summed E-state index contributed by atoms with van der Waals surface area (Å²) in [5.41, 5.74) is -0.961. The monoisotopic (exact) mass is 462 g/mol. The van der Waals surface area contributed by atoms with Crippen molar-refractivity contribution >= 4 is 23.0 Å². The summed E-state index contributed by atoms with van der Waals surface area (Å²) in [6.07, 6.45) is -6.71. The minimum atomic E-state index is -4.52. The third-order valence-electron chi connectivity index (χ3n) is 5.26. The Labute approximate surface area is 183 Å². The van der Waals surface area contributed by atoms with Crippen molar-refractivity contribution < 1.29 is 36.9 Å². The molecule has 0 spiro atoms. The molecule has 172 valence electrons. The normalized spacial score (nSPS) is 33.8. The maximum absolute atomic E-state index is 13.3. The summed E-state index contributed by atoms with van der Waals surface area (Å²) in [6, 6.07) is 4.59. The van der Waals surface area contributed by atoms with Gasteiger partial charge in [-0.25, -0.2) is 0 Å². The van der Waals surface area contributed by atoms with Gasteiger partial charge >= 0.3 is 6.18 Å². The van der Waals surface area contributed by atoms with Gasteiger partial charge in [-0.1, -0.05) is 12.1 Å². The lowest BCUT2D eigenvalue weighted by Crippen LogP contribution is -2.53. The molecule has 11 heteroatoms. The van der Waals surface area contributed by atoms with Crippen LogP contribution in [-0.2, 0) is 29.9 Å². The fourth-order valence-corrected chi connectivity index (χ4v) is 4.29. The Morgan fingerprint density at radius 3 is 2.39 bits per heavy atom. The molecule has 0 unspecified atom stereocenters. The Kier molecular flexibility index (Phi) is 5.72. The molecule has 2 N–H and O–H groups in total. The summed E-state index contributed by atoms with van der Waals surface area (Å²) in [4.78, 5) is 0. The van der Waals surface area contributed by atoms with E-state index in [9.17, 15) is 13.2 Å². The van der Waals surface area contributed by atoms with Gasteiger partial charge in [0.2, 0.25) is 0 Å². The highest BCUT2D eigenvalue weighted by Gasteiger charge is 2.58. The Morgan fingerprint density at radius 2 is 1.74 bits per heavy atom. The van der Waals surface area contributed by atoms with E-state index in [0.717, 1.165) is 6.07 Å². The Bertz CT molecular complexity index is 850. The molecule has 0 amide bonds. The molecule has 31 heavy (non-hydrogen) atoms.